The summed E-state index contributed by atoms with van der Waals surface area (Å²) in [6.45, 7) is 6.16. The summed E-state index contributed by atoms with van der Waals surface area (Å²) in [6, 6.07) is 7.73. The van der Waals surface area contributed by atoms with E-state index in [-0.39, 0.29) is 18.6 Å². The number of rotatable bonds is 6. The number of aryl methyl sites for hydroxylation is 1. The van der Waals surface area contributed by atoms with E-state index in [1.807, 2.05) is 31.2 Å². The van der Waals surface area contributed by atoms with Crippen molar-refractivity contribution in [2.24, 2.45) is 5.92 Å². The number of hydrogen-bond donors (Lipinski definition) is 2. The van der Waals surface area contributed by atoms with Gasteiger partial charge in [-0.2, -0.15) is 0 Å². The van der Waals surface area contributed by atoms with Crippen LogP contribution in [0.15, 0.2) is 24.3 Å². The van der Waals surface area contributed by atoms with Gasteiger partial charge in [0.1, 0.15) is 0 Å². The van der Waals surface area contributed by atoms with Gasteiger partial charge in [-0.3, -0.25) is 4.79 Å². The zero-order valence-electron chi connectivity index (χ0n) is 11.4. The van der Waals surface area contributed by atoms with Gasteiger partial charge in [0.15, 0.2) is 0 Å². The molecule has 1 unspecified atom stereocenters. The first-order chi connectivity index (χ1) is 8.52. The molecule has 1 aromatic carbocycles. The van der Waals surface area contributed by atoms with Crippen molar-refractivity contribution in [1.29, 1.82) is 0 Å². The fourth-order valence-corrected chi connectivity index (χ4v) is 2.01. The van der Waals surface area contributed by atoms with Gasteiger partial charge in [0.25, 0.3) is 0 Å². The smallest absolute Gasteiger partial charge is 0.224 e. The monoisotopic (exact) mass is 249 g/mol. The van der Waals surface area contributed by atoms with E-state index in [1.165, 1.54) is 0 Å². The molecule has 0 saturated heterocycles. The average Bonchev–Trinajstić information content (AvgIpc) is 2.30. The standard InChI is InChI=1S/C15H23NO2/c1-11(2)8-14(10-17)16-15(18)9-13-7-5-4-6-12(13)3/h4-7,11,14,17H,8-10H2,1-3H3,(H,16,18). The number of aliphatic hydroxyl groups is 1. The van der Waals surface area contributed by atoms with Gasteiger partial charge >= 0.3 is 0 Å². The van der Waals surface area contributed by atoms with Crippen LogP contribution in [0, 0.1) is 12.8 Å². The molecule has 100 valence electrons. The van der Waals surface area contributed by atoms with E-state index in [0.29, 0.717) is 12.3 Å². The largest absolute Gasteiger partial charge is 0.394 e. The lowest BCUT2D eigenvalue weighted by Gasteiger charge is -2.18. The molecule has 3 nitrogen and oxygen atoms in total. The van der Waals surface area contributed by atoms with Crippen LogP contribution in [0.5, 0.6) is 0 Å². The fourth-order valence-electron chi connectivity index (χ4n) is 2.01. The maximum atomic E-state index is 11.9. The third-order valence-corrected chi connectivity index (χ3v) is 2.95. The molecule has 2 N–H and O–H groups in total. The summed E-state index contributed by atoms with van der Waals surface area (Å²) in [7, 11) is 0. The van der Waals surface area contributed by atoms with Crippen LogP contribution in [0.3, 0.4) is 0 Å². The Labute approximate surface area is 109 Å². The summed E-state index contributed by atoms with van der Waals surface area (Å²) < 4.78 is 0. The molecule has 0 aliphatic carbocycles. The lowest BCUT2D eigenvalue weighted by Crippen LogP contribution is -2.39. The first-order valence-electron chi connectivity index (χ1n) is 6.47. The second-order valence-corrected chi connectivity index (χ2v) is 5.18. The molecule has 18 heavy (non-hydrogen) atoms. The molecule has 1 aromatic rings. The van der Waals surface area contributed by atoms with Crippen molar-refractivity contribution < 1.29 is 9.90 Å². The van der Waals surface area contributed by atoms with Crippen molar-refractivity contribution in [3.8, 4) is 0 Å². The highest BCUT2D eigenvalue weighted by Crippen LogP contribution is 2.09. The topological polar surface area (TPSA) is 49.3 Å². The van der Waals surface area contributed by atoms with Gasteiger partial charge in [0.2, 0.25) is 5.91 Å². The van der Waals surface area contributed by atoms with Gasteiger partial charge in [0, 0.05) is 0 Å². The highest BCUT2D eigenvalue weighted by molar-refractivity contribution is 5.79. The number of hydrogen-bond acceptors (Lipinski definition) is 2. The molecule has 0 saturated carbocycles. The Morgan fingerprint density at radius 3 is 2.56 bits per heavy atom. The molecular weight excluding hydrogens is 226 g/mol. The predicted molar refractivity (Wildman–Crippen MR) is 73.4 cm³/mol. The molecule has 0 spiro atoms. The SMILES string of the molecule is Cc1ccccc1CC(=O)NC(CO)CC(C)C. The van der Waals surface area contributed by atoms with Crippen LogP contribution in [-0.2, 0) is 11.2 Å². The Bertz CT molecular complexity index is 388. The molecule has 1 atom stereocenters. The number of nitrogens with one attached hydrogen (secondary N) is 1. The molecule has 0 fully saturated rings. The second kappa shape index (κ2) is 7.17. The second-order valence-electron chi connectivity index (χ2n) is 5.18. The molecule has 0 aromatic heterocycles. The third-order valence-electron chi connectivity index (χ3n) is 2.95. The van der Waals surface area contributed by atoms with E-state index in [2.05, 4.69) is 19.2 Å². The van der Waals surface area contributed by atoms with Gasteiger partial charge in [0.05, 0.1) is 19.1 Å². The minimum atomic E-state index is -0.137. The highest BCUT2D eigenvalue weighted by Gasteiger charge is 2.13. The van der Waals surface area contributed by atoms with Gasteiger partial charge in [-0.15, -0.1) is 0 Å². The molecule has 3 heteroatoms. The van der Waals surface area contributed by atoms with Crippen LogP contribution in [-0.4, -0.2) is 23.7 Å². The molecule has 0 aliphatic rings. The summed E-state index contributed by atoms with van der Waals surface area (Å²) in [5.74, 6) is 0.435. The summed E-state index contributed by atoms with van der Waals surface area (Å²) in [6.07, 6.45) is 1.18. The lowest BCUT2D eigenvalue weighted by atomic mass is 10.0. The summed E-state index contributed by atoms with van der Waals surface area (Å²) in [5, 5.41) is 12.1. The quantitative estimate of drug-likeness (QED) is 0.810. The summed E-state index contributed by atoms with van der Waals surface area (Å²) >= 11 is 0. The van der Waals surface area contributed by atoms with Gasteiger partial charge in [-0.05, 0) is 30.4 Å². The molecule has 1 rings (SSSR count). The van der Waals surface area contributed by atoms with Crippen LogP contribution >= 0.6 is 0 Å². The van der Waals surface area contributed by atoms with Crippen molar-refractivity contribution in [1.82, 2.24) is 5.32 Å². The number of aliphatic hydroxyl groups excluding tert-OH is 1. The zero-order valence-corrected chi connectivity index (χ0v) is 11.4. The van der Waals surface area contributed by atoms with Crippen molar-refractivity contribution in [2.75, 3.05) is 6.61 Å². The third kappa shape index (κ3) is 4.88. The first kappa shape index (κ1) is 14.7. The van der Waals surface area contributed by atoms with E-state index < -0.39 is 0 Å². The molecule has 0 radical (unpaired) electrons. The minimum Gasteiger partial charge on any atom is -0.394 e. The molecule has 0 bridgehead atoms. The average molecular weight is 249 g/mol. The summed E-state index contributed by atoms with van der Waals surface area (Å²) in [4.78, 5) is 11.9. The van der Waals surface area contributed by atoms with Crippen molar-refractivity contribution in [2.45, 2.75) is 39.7 Å². The Hall–Kier alpha value is -1.35. The van der Waals surface area contributed by atoms with E-state index in [4.69, 9.17) is 0 Å². The lowest BCUT2D eigenvalue weighted by molar-refractivity contribution is -0.121. The Balaban J connectivity index is 2.53. The highest BCUT2D eigenvalue weighted by atomic mass is 16.3. The van der Waals surface area contributed by atoms with Crippen LogP contribution in [0.4, 0.5) is 0 Å². The van der Waals surface area contributed by atoms with Gasteiger partial charge in [-0.25, -0.2) is 0 Å². The van der Waals surface area contributed by atoms with Crippen LogP contribution < -0.4 is 5.32 Å². The molecule has 0 aliphatic heterocycles. The maximum Gasteiger partial charge on any atom is 0.224 e. The van der Waals surface area contributed by atoms with E-state index in [0.717, 1.165) is 17.5 Å². The molecular formula is C15H23NO2. The number of benzene rings is 1. The first-order valence-corrected chi connectivity index (χ1v) is 6.47. The zero-order chi connectivity index (χ0) is 13.5. The Kier molecular flexibility index (Phi) is 5.86. The van der Waals surface area contributed by atoms with Gasteiger partial charge in [-0.1, -0.05) is 38.1 Å². The van der Waals surface area contributed by atoms with E-state index in [1.54, 1.807) is 0 Å². The molecule has 0 heterocycles. The number of amides is 1. The predicted octanol–water partition coefficient (Wildman–Crippen LogP) is 2.06. The van der Waals surface area contributed by atoms with E-state index in [9.17, 15) is 9.90 Å². The van der Waals surface area contributed by atoms with Crippen molar-refractivity contribution >= 4 is 5.91 Å². The minimum absolute atomic E-state index is 0.00229. The normalized spacial score (nSPS) is 12.5. The summed E-state index contributed by atoms with van der Waals surface area (Å²) in [5.41, 5.74) is 2.16. The van der Waals surface area contributed by atoms with E-state index >= 15 is 0 Å². The number of carbonyl (C=O) groups excluding carboxylic acids is 1. The van der Waals surface area contributed by atoms with Crippen LogP contribution in [0.2, 0.25) is 0 Å². The van der Waals surface area contributed by atoms with Crippen LogP contribution in [0.25, 0.3) is 0 Å². The fraction of sp³-hybridized carbons (Fsp3) is 0.533. The van der Waals surface area contributed by atoms with Gasteiger partial charge < -0.3 is 10.4 Å². The Morgan fingerprint density at radius 2 is 2.00 bits per heavy atom. The van der Waals surface area contributed by atoms with Crippen molar-refractivity contribution in [3.05, 3.63) is 35.4 Å². The number of carbonyl (C=O) groups is 1. The molecule has 1 amide bonds. The van der Waals surface area contributed by atoms with Crippen molar-refractivity contribution in [3.63, 3.8) is 0 Å². The maximum absolute atomic E-state index is 11.9. The van der Waals surface area contributed by atoms with Crippen LogP contribution in [0.1, 0.15) is 31.4 Å². The Morgan fingerprint density at radius 1 is 1.33 bits per heavy atom.